The molecule has 0 aromatic heterocycles. The van der Waals surface area contributed by atoms with Crippen molar-refractivity contribution in [3.8, 4) is 0 Å². The minimum absolute atomic E-state index is 0.0146. The molecule has 2 aromatic carbocycles. The molecule has 1 N–H and O–H groups in total. The fraction of sp³-hybridized carbons (Fsp3) is 0.200. The molecule has 0 bridgehead atoms. The summed E-state index contributed by atoms with van der Waals surface area (Å²) in [5.74, 6) is -0.783. The van der Waals surface area contributed by atoms with Gasteiger partial charge >= 0.3 is 5.69 Å². The van der Waals surface area contributed by atoms with E-state index in [2.05, 4.69) is 21.2 Å². The van der Waals surface area contributed by atoms with Crippen molar-refractivity contribution in [3.63, 3.8) is 0 Å². The molecule has 0 saturated carbocycles. The van der Waals surface area contributed by atoms with Gasteiger partial charge in [0.15, 0.2) is 0 Å². The highest BCUT2D eigenvalue weighted by Crippen LogP contribution is 2.24. The van der Waals surface area contributed by atoms with E-state index in [1.54, 1.807) is 6.07 Å². The lowest BCUT2D eigenvalue weighted by Crippen LogP contribution is -2.19. The van der Waals surface area contributed by atoms with E-state index in [1.807, 2.05) is 31.2 Å². The van der Waals surface area contributed by atoms with Crippen molar-refractivity contribution in [3.05, 3.63) is 74.0 Å². The van der Waals surface area contributed by atoms with Crippen LogP contribution in [-0.2, 0) is 6.54 Å². The molecule has 21 heavy (non-hydrogen) atoms. The highest BCUT2D eigenvalue weighted by molar-refractivity contribution is 9.10. The van der Waals surface area contributed by atoms with Gasteiger partial charge in [0.25, 0.3) is 0 Å². The molecule has 0 aliphatic rings. The van der Waals surface area contributed by atoms with E-state index >= 15 is 0 Å². The van der Waals surface area contributed by atoms with E-state index in [0.29, 0.717) is 0 Å². The van der Waals surface area contributed by atoms with E-state index in [-0.39, 0.29) is 18.2 Å². The molecule has 0 fully saturated rings. The number of nitro benzene ring substituents is 1. The van der Waals surface area contributed by atoms with Crippen molar-refractivity contribution in [1.29, 1.82) is 0 Å². The minimum Gasteiger partial charge on any atom is -0.306 e. The van der Waals surface area contributed by atoms with E-state index in [4.69, 9.17) is 0 Å². The Kier molecular flexibility index (Phi) is 5.03. The molecule has 6 heteroatoms. The molecule has 0 spiro atoms. The number of nitrogens with one attached hydrogen (secondary N) is 1. The number of halogens is 2. The fourth-order valence-electron chi connectivity index (χ4n) is 2.04. The summed E-state index contributed by atoms with van der Waals surface area (Å²) < 4.78 is 14.9. The van der Waals surface area contributed by atoms with Crippen LogP contribution in [0.3, 0.4) is 0 Å². The maximum atomic E-state index is 14.0. The van der Waals surface area contributed by atoms with Crippen LogP contribution in [-0.4, -0.2) is 4.92 Å². The Hall–Kier alpha value is -1.79. The van der Waals surface area contributed by atoms with Crippen LogP contribution in [0.2, 0.25) is 0 Å². The number of nitrogens with zero attached hydrogens (tertiary/aromatic N) is 1. The molecule has 0 amide bonds. The van der Waals surface area contributed by atoms with Gasteiger partial charge in [0.05, 0.1) is 4.92 Å². The first kappa shape index (κ1) is 15.6. The zero-order valence-corrected chi connectivity index (χ0v) is 12.9. The quantitative estimate of drug-likeness (QED) is 0.642. The lowest BCUT2D eigenvalue weighted by molar-refractivity contribution is -0.387. The third kappa shape index (κ3) is 3.65. The Bertz CT molecular complexity index is 664. The topological polar surface area (TPSA) is 55.2 Å². The van der Waals surface area contributed by atoms with Crippen molar-refractivity contribution in [2.24, 2.45) is 0 Å². The van der Waals surface area contributed by atoms with Crippen molar-refractivity contribution in [1.82, 2.24) is 5.32 Å². The molecule has 0 aliphatic carbocycles. The van der Waals surface area contributed by atoms with Gasteiger partial charge in [-0.1, -0.05) is 46.3 Å². The Balaban J connectivity index is 2.12. The van der Waals surface area contributed by atoms with Gasteiger partial charge in [-0.15, -0.1) is 0 Å². The Labute approximate surface area is 130 Å². The highest BCUT2D eigenvalue weighted by Gasteiger charge is 2.17. The summed E-state index contributed by atoms with van der Waals surface area (Å²) in [4.78, 5) is 10.0. The summed E-state index contributed by atoms with van der Waals surface area (Å²) in [6.07, 6.45) is 0. The highest BCUT2D eigenvalue weighted by atomic mass is 79.9. The monoisotopic (exact) mass is 352 g/mol. The summed E-state index contributed by atoms with van der Waals surface area (Å²) in [5.41, 5.74) is 0.828. The maximum Gasteiger partial charge on any atom is 0.305 e. The van der Waals surface area contributed by atoms with Gasteiger partial charge in [-0.3, -0.25) is 10.1 Å². The number of hydrogen-bond donors (Lipinski definition) is 1. The average Bonchev–Trinajstić information content (AvgIpc) is 2.46. The van der Waals surface area contributed by atoms with Gasteiger partial charge < -0.3 is 5.32 Å². The van der Waals surface area contributed by atoms with Crippen molar-refractivity contribution in [2.45, 2.75) is 19.5 Å². The second kappa shape index (κ2) is 6.78. The molecular weight excluding hydrogens is 339 g/mol. The Morgan fingerprint density at radius 2 is 2.00 bits per heavy atom. The maximum absolute atomic E-state index is 14.0. The molecule has 0 radical (unpaired) electrons. The second-order valence-electron chi connectivity index (χ2n) is 4.63. The predicted molar refractivity (Wildman–Crippen MR) is 82.5 cm³/mol. The standard InChI is InChI=1S/C15H14BrFN2O2/c1-10(12-6-2-3-7-13(12)16)18-9-11-5-4-8-14(15(11)17)19(20)21/h2-8,10,18H,9H2,1H3/t10-/m1/s1. The van der Waals surface area contributed by atoms with Crippen molar-refractivity contribution < 1.29 is 9.31 Å². The van der Waals surface area contributed by atoms with Gasteiger partial charge in [0.2, 0.25) is 5.82 Å². The van der Waals surface area contributed by atoms with Crippen molar-refractivity contribution in [2.75, 3.05) is 0 Å². The first-order valence-corrected chi connectivity index (χ1v) is 7.19. The van der Waals surface area contributed by atoms with Crippen LogP contribution >= 0.6 is 15.9 Å². The molecule has 4 nitrogen and oxygen atoms in total. The van der Waals surface area contributed by atoms with E-state index in [9.17, 15) is 14.5 Å². The lowest BCUT2D eigenvalue weighted by atomic mass is 10.1. The molecule has 0 heterocycles. The summed E-state index contributed by atoms with van der Waals surface area (Å²) in [6, 6.07) is 11.9. The van der Waals surface area contributed by atoms with Crippen LogP contribution in [0.15, 0.2) is 46.9 Å². The van der Waals surface area contributed by atoms with Crippen LogP contribution in [0.25, 0.3) is 0 Å². The molecule has 0 saturated heterocycles. The zero-order valence-electron chi connectivity index (χ0n) is 11.3. The SMILES string of the molecule is C[C@@H](NCc1cccc([N+](=O)[O-])c1F)c1ccccc1Br. The van der Waals surface area contributed by atoms with Crippen LogP contribution in [0.5, 0.6) is 0 Å². The molecule has 2 rings (SSSR count). The Morgan fingerprint density at radius 1 is 1.29 bits per heavy atom. The van der Waals surface area contributed by atoms with E-state index in [1.165, 1.54) is 6.07 Å². The normalized spacial score (nSPS) is 12.1. The van der Waals surface area contributed by atoms with Crippen LogP contribution < -0.4 is 5.32 Å². The number of benzene rings is 2. The summed E-state index contributed by atoms with van der Waals surface area (Å²) >= 11 is 3.46. The minimum atomic E-state index is -0.783. The molecule has 2 aromatic rings. The van der Waals surface area contributed by atoms with Crippen LogP contribution in [0.4, 0.5) is 10.1 Å². The predicted octanol–water partition coefficient (Wildman–Crippen LogP) is 4.35. The summed E-state index contributed by atoms with van der Waals surface area (Å²) in [6.45, 7) is 2.17. The van der Waals surface area contributed by atoms with Crippen LogP contribution in [0, 0.1) is 15.9 Å². The first-order valence-electron chi connectivity index (χ1n) is 6.40. The van der Waals surface area contributed by atoms with Gasteiger partial charge in [-0.2, -0.15) is 4.39 Å². The molecule has 110 valence electrons. The van der Waals surface area contributed by atoms with E-state index < -0.39 is 16.4 Å². The second-order valence-corrected chi connectivity index (χ2v) is 5.49. The van der Waals surface area contributed by atoms with Crippen molar-refractivity contribution >= 4 is 21.6 Å². The summed E-state index contributed by atoms with van der Waals surface area (Å²) in [5, 5.41) is 13.9. The fourth-order valence-corrected chi connectivity index (χ4v) is 2.67. The Morgan fingerprint density at radius 3 is 2.67 bits per heavy atom. The molecule has 0 aliphatic heterocycles. The average molecular weight is 353 g/mol. The number of rotatable bonds is 5. The zero-order chi connectivity index (χ0) is 15.4. The third-order valence-electron chi connectivity index (χ3n) is 3.23. The van der Waals surface area contributed by atoms with Gasteiger partial charge in [-0.25, -0.2) is 0 Å². The third-order valence-corrected chi connectivity index (χ3v) is 3.95. The first-order chi connectivity index (χ1) is 10.0. The van der Waals surface area contributed by atoms with E-state index in [0.717, 1.165) is 16.1 Å². The molecule has 0 unspecified atom stereocenters. The summed E-state index contributed by atoms with van der Waals surface area (Å²) in [7, 11) is 0. The van der Waals surface area contributed by atoms with Crippen LogP contribution in [0.1, 0.15) is 24.1 Å². The van der Waals surface area contributed by atoms with Gasteiger partial charge in [0.1, 0.15) is 0 Å². The molecule has 1 atom stereocenters. The number of hydrogen-bond acceptors (Lipinski definition) is 3. The molecular formula is C15H14BrFN2O2. The van der Waals surface area contributed by atoms with Gasteiger partial charge in [-0.05, 0) is 18.6 Å². The smallest absolute Gasteiger partial charge is 0.305 e. The largest absolute Gasteiger partial charge is 0.306 e. The van der Waals surface area contributed by atoms with Gasteiger partial charge in [0, 0.05) is 28.7 Å². The number of nitro groups is 1. The lowest BCUT2D eigenvalue weighted by Gasteiger charge is -2.16.